The van der Waals surface area contributed by atoms with Crippen LogP contribution in [-0.4, -0.2) is 22.8 Å². The van der Waals surface area contributed by atoms with Crippen molar-refractivity contribution in [3.05, 3.63) is 23.9 Å². The molecule has 0 saturated heterocycles. The first-order chi connectivity index (χ1) is 11.0. The number of ether oxygens (including phenoxy) is 1. The van der Waals surface area contributed by atoms with Crippen LogP contribution in [-0.2, 0) is 9.53 Å². The molecular formula is C18H24N2O2S. The van der Waals surface area contributed by atoms with Crippen LogP contribution >= 0.6 is 11.8 Å². The lowest BCUT2D eigenvalue weighted by atomic mass is 9.75. The summed E-state index contributed by atoms with van der Waals surface area (Å²) in [6.07, 6.45) is 4.93. The van der Waals surface area contributed by atoms with Crippen LogP contribution in [0.2, 0.25) is 0 Å². The largest absolute Gasteiger partial charge is 0.461 e. The van der Waals surface area contributed by atoms with Gasteiger partial charge in [0.1, 0.15) is 6.10 Å². The fourth-order valence-electron chi connectivity index (χ4n) is 3.14. The van der Waals surface area contributed by atoms with Crippen molar-refractivity contribution >= 4 is 17.7 Å². The number of thioether (sulfide) groups is 1. The zero-order chi connectivity index (χ0) is 16.8. The molecule has 0 aromatic carbocycles. The van der Waals surface area contributed by atoms with E-state index in [0.717, 1.165) is 12.8 Å². The first-order valence-electron chi connectivity index (χ1n) is 8.18. The first-order valence-corrected chi connectivity index (χ1v) is 9.16. The van der Waals surface area contributed by atoms with Gasteiger partial charge in [-0.05, 0) is 42.7 Å². The molecule has 5 heteroatoms. The molecule has 3 atom stereocenters. The van der Waals surface area contributed by atoms with Crippen molar-refractivity contribution < 1.29 is 9.53 Å². The number of esters is 1. The number of nitrogens with zero attached hydrogens (tertiary/aromatic N) is 2. The van der Waals surface area contributed by atoms with E-state index in [9.17, 15) is 4.79 Å². The second kappa shape index (κ2) is 8.35. The van der Waals surface area contributed by atoms with Gasteiger partial charge in [0, 0.05) is 6.20 Å². The summed E-state index contributed by atoms with van der Waals surface area (Å²) in [5, 5.41) is 9.56. The molecule has 1 aromatic heterocycles. The quantitative estimate of drug-likeness (QED) is 0.601. The van der Waals surface area contributed by atoms with Crippen molar-refractivity contribution in [3.63, 3.8) is 0 Å². The highest BCUT2D eigenvalue weighted by Crippen LogP contribution is 2.35. The van der Waals surface area contributed by atoms with E-state index in [4.69, 9.17) is 10.00 Å². The Hall–Kier alpha value is -1.54. The van der Waals surface area contributed by atoms with Crippen molar-refractivity contribution in [1.82, 2.24) is 4.98 Å². The molecule has 0 N–H and O–H groups in total. The molecule has 0 aliphatic heterocycles. The Labute approximate surface area is 142 Å². The van der Waals surface area contributed by atoms with E-state index in [-0.39, 0.29) is 17.8 Å². The van der Waals surface area contributed by atoms with Gasteiger partial charge in [0.15, 0.2) is 0 Å². The molecule has 124 valence electrons. The molecule has 0 bridgehead atoms. The lowest BCUT2D eigenvalue weighted by molar-refractivity contribution is -0.152. The van der Waals surface area contributed by atoms with E-state index >= 15 is 0 Å². The maximum Gasteiger partial charge on any atom is 0.316 e. The zero-order valence-electron chi connectivity index (χ0n) is 14.0. The third kappa shape index (κ3) is 5.24. The minimum Gasteiger partial charge on any atom is -0.461 e. The summed E-state index contributed by atoms with van der Waals surface area (Å²) >= 11 is 1.32. The van der Waals surface area contributed by atoms with Crippen LogP contribution in [0.1, 0.15) is 45.6 Å². The van der Waals surface area contributed by atoms with Gasteiger partial charge in [-0.25, -0.2) is 4.98 Å². The second-order valence-corrected chi connectivity index (χ2v) is 7.63. The van der Waals surface area contributed by atoms with Gasteiger partial charge >= 0.3 is 5.97 Å². The summed E-state index contributed by atoms with van der Waals surface area (Å²) in [6, 6.07) is 5.42. The van der Waals surface area contributed by atoms with Gasteiger partial charge in [-0.15, -0.1) is 0 Å². The third-order valence-electron chi connectivity index (χ3n) is 4.45. The maximum absolute atomic E-state index is 12.2. The molecule has 1 saturated carbocycles. The Morgan fingerprint density at radius 3 is 3.00 bits per heavy atom. The Balaban J connectivity index is 1.89. The van der Waals surface area contributed by atoms with Gasteiger partial charge in [-0.3, -0.25) is 4.79 Å². The smallest absolute Gasteiger partial charge is 0.316 e. The average molecular weight is 332 g/mol. The van der Waals surface area contributed by atoms with Crippen molar-refractivity contribution in [2.24, 2.45) is 17.8 Å². The monoisotopic (exact) mass is 332 g/mol. The Bertz CT molecular complexity index is 583. The van der Waals surface area contributed by atoms with Gasteiger partial charge in [-0.1, -0.05) is 39.0 Å². The lowest BCUT2D eigenvalue weighted by Gasteiger charge is -2.36. The number of aromatic nitrogens is 1. The van der Waals surface area contributed by atoms with Crippen molar-refractivity contribution in [1.29, 1.82) is 5.26 Å². The number of hydrogen-bond donors (Lipinski definition) is 0. The zero-order valence-corrected chi connectivity index (χ0v) is 14.8. The van der Waals surface area contributed by atoms with Crippen LogP contribution in [0.5, 0.6) is 0 Å². The Kier molecular flexibility index (Phi) is 6.47. The van der Waals surface area contributed by atoms with Crippen molar-refractivity contribution in [2.75, 3.05) is 5.75 Å². The standard InChI is InChI=1S/C18H24N2O2S/c1-12(2)15-5-4-13(3)8-16(15)22-18(21)11-23-17-9-14(10-19)6-7-20-17/h6-7,9,12-13,15-16H,4-5,8,11H2,1-3H3. The second-order valence-electron chi connectivity index (χ2n) is 6.64. The molecule has 4 nitrogen and oxygen atoms in total. The van der Waals surface area contributed by atoms with Crippen molar-refractivity contribution in [2.45, 2.75) is 51.2 Å². The number of pyridine rings is 1. The molecule has 1 aliphatic rings. The number of carbonyl (C=O) groups excluding carboxylic acids is 1. The minimum atomic E-state index is -0.191. The normalized spacial score (nSPS) is 24.2. The molecule has 1 fully saturated rings. The highest BCUT2D eigenvalue weighted by atomic mass is 32.2. The summed E-state index contributed by atoms with van der Waals surface area (Å²) in [4.78, 5) is 16.3. The summed E-state index contributed by atoms with van der Waals surface area (Å²) in [5.74, 6) is 1.65. The maximum atomic E-state index is 12.2. The molecule has 0 spiro atoms. The predicted octanol–water partition coefficient (Wildman–Crippen LogP) is 4.05. The molecule has 1 aliphatic carbocycles. The molecule has 1 aromatic rings. The molecular weight excluding hydrogens is 308 g/mol. The summed E-state index contributed by atoms with van der Waals surface area (Å²) in [6.45, 7) is 6.63. The molecule has 2 rings (SSSR count). The van der Waals surface area contributed by atoms with Crippen LogP contribution < -0.4 is 0 Å². The predicted molar refractivity (Wildman–Crippen MR) is 90.9 cm³/mol. The fourth-order valence-corrected chi connectivity index (χ4v) is 3.82. The summed E-state index contributed by atoms with van der Waals surface area (Å²) < 4.78 is 5.76. The van der Waals surface area contributed by atoms with Gasteiger partial charge in [0.2, 0.25) is 0 Å². The molecule has 0 amide bonds. The Morgan fingerprint density at radius 2 is 2.30 bits per heavy atom. The minimum absolute atomic E-state index is 0.0326. The first kappa shape index (κ1) is 17.8. The number of hydrogen-bond acceptors (Lipinski definition) is 5. The van der Waals surface area contributed by atoms with E-state index in [0.29, 0.717) is 28.3 Å². The summed E-state index contributed by atoms with van der Waals surface area (Å²) in [5.41, 5.74) is 0.553. The van der Waals surface area contributed by atoms with E-state index in [1.807, 2.05) is 0 Å². The number of rotatable bonds is 5. The van der Waals surface area contributed by atoms with Crippen LogP contribution in [0.3, 0.4) is 0 Å². The molecule has 23 heavy (non-hydrogen) atoms. The van der Waals surface area contributed by atoms with Crippen molar-refractivity contribution in [3.8, 4) is 6.07 Å². The summed E-state index contributed by atoms with van der Waals surface area (Å²) in [7, 11) is 0. The number of nitriles is 1. The molecule has 1 heterocycles. The van der Waals surface area contributed by atoms with Gasteiger partial charge in [-0.2, -0.15) is 5.26 Å². The average Bonchev–Trinajstić information content (AvgIpc) is 2.53. The lowest BCUT2D eigenvalue weighted by Crippen LogP contribution is -2.36. The van der Waals surface area contributed by atoms with E-state index in [1.165, 1.54) is 18.2 Å². The Morgan fingerprint density at radius 1 is 1.52 bits per heavy atom. The van der Waals surface area contributed by atoms with Gasteiger partial charge in [0.05, 0.1) is 22.4 Å². The van der Waals surface area contributed by atoms with Crippen LogP contribution in [0.25, 0.3) is 0 Å². The highest BCUT2D eigenvalue weighted by molar-refractivity contribution is 7.99. The molecule has 0 radical (unpaired) electrons. The van der Waals surface area contributed by atoms with Gasteiger partial charge < -0.3 is 4.74 Å². The van der Waals surface area contributed by atoms with E-state index < -0.39 is 0 Å². The van der Waals surface area contributed by atoms with E-state index in [1.54, 1.807) is 18.3 Å². The fraction of sp³-hybridized carbons (Fsp3) is 0.611. The third-order valence-corrected chi connectivity index (χ3v) is 5.35. The number of carbonyl (C=O) groups is 1. The SMILES string of the molecule is CC1CCC(C(C)C)C(OC(=O)CSc2cc(C#N)ccn2)C1. The van der Waals surface area contributed by atoms with Gasteiger partial charge in [0.25, 0.3) is 0 Å². The van der Waals surface area contributed by atoms with Crippen LogP contribution in [0.15, 0.2) is 23.4 Å². The molecule has 3 unspecified atom stereocenters. The highest BCUT2D eigenvalue weighted by Gasteiger charge is 2.33. The van der Waals surface area contributed by atoms with E-state index in [2.05, 4.69) is 31.8 Å². The van der Waals surface area contributed by atoms with Crippen LogP contribution in [0, 0.1) is 29.1 Å². The topological polar surface area (TPSA) is 63.0 Å². The van der Waals surface area contributed by atoms with Crippen LogP contribution in [0.4, 0.5) is 0 Å².